The van der Waals surface area contributed by atoms with Crippen LogP contribution < -0.4 is 0 Å². The molecule has 1 aromatic rings. The molecule has 0 aromatic heterocycles. The summed E-state index contributed by atoms with van der Waals surface area (Å²) in [7, 11) is 0. The monoisotopic (exact) mass is 216 g/mol. The zero-order valence-corrected chi connectivity index (χ0v) is 9.66. The molecule has 0 fully saturated rings. The molecule has 2 heteroatoms. The van der Waals surface area contributed by atoms with Crippen molar-refractivity contribution in [2.75, 3.05) is 0 Å². The molecule has 16 heavy (non-hydrogen) atoms. The van der Waals surface area contributed by atoms with E-state index in [4.69, 9.17) is 0 Å². The molecular formula is C14H16O2. The van der Waals surface area contributed by atoms with Crippen LogP contribution in [-0.4, -0.2) is 11.1 Å². The van der Waals surface area contributed by atoms with Crippen LogP contribution in [0.3, 0.4) is 0 Å². The van der Waals surface area contributed by atoms with Gasteiger partial charge in [0.25, 0.3) is 0 Å². The van der Waals surface area contributed by atoms with E-state index in [0.717, 1.165) is 16.7 Å². The quantitative estimate of drug-likeness (QED) is 0.772. The number of aryl methyl sites for hydroxylation is 2. The zero-order chi connectivity index (χ0) is 11.8. The van der Waals surface area contributed by atoms with Crippen molar-refractivity contribution in [3.63, 3.8) is 0 Å². The lowest BCUT2D eigenvalue weighted by Crippen LogP contribution is -2.33. The lowest BCUT2D eigenvalue weighted by molar-refractivity contribution is -0.143. The third-order valence-electron chi connectivity index (χ3n) is 3.28. The van der Waals surface area contributed by atoms with E-state index in [1.807, 2.05) is 38.1 Å². The topological polar surface area (TPSA) is 37.3 Å². The van der Waals surface area contributed by atoms with Gasteiger partial charge in [-0.25, -0.2) is 0 Å². The summed E-state index contributed by atoms with van der Waals surface area (Å²) in [5.41, 5.74) is 2.46. The lowest BCUT2D eigenvalue weighted by Gasteiger charge is -2.25. The fraction of sp³-hybridized carbons (Fsp3) is 0.357. The maximum atomic E-state index is 11.5. The van der Waals surface area contributed by atoms with Gasteiger partial charge in [0.1, 0.15) is 0 Å². The van der Waals surface area contributed by atoms with Gasteiger partial charge in [-0.15, -0.1) is 0 Å². The third kappa shape index (κ3) is 1.64. The van der Waals surface area contributed by atoms with Gasteiger partial charge in [0.05, 0.1) is 5.41 Å². The zero-order valence-electron chi connectivity index (χ0n) is 9.66. The molecule has 0 amide bonds. The number of aliphatic carboxylic acids is 1. The van der Waals surface area contributed by atoms with E-state index in [-0.39, 0.29) is 0 Å². The summed E-state index contributed by atoms with van der Waals surface area (Å²) in [6.07, 6.45) is 5.13. The Balaban J connectivity index is 2.52. The van der Waals surface area contributed by atoms with Crippen LogP contribution in [0.1, 0.15) is 29.5 Å². The van der Waals surface area contributed by atoms with Crippen LogP contribution in [-0.2, 0) is 10.2 Å². The van der Waals surface area contributed by atoms with Gasteiger partial charge in [-0.3, -0.25) is 4.79 Å². The Morgan fingerprint density at radius 3 is 2.06 bits per heavy atom. The number of carboxylic acids is 1. The van der Waals surface area contributed by atoms with E-state index in [9.17, 15) is 9.90 Å². The minimum atomic E-state index is -0.725. The molecule has 2 rings (SSSR count). The first-order chi connectivity index (χ1) is 7.54. The molecule has 0 unspecified atom stereocenters. The Labute approximate surface area is 95.6 Å². The second kappa shape index (κ2) is 3.78. The maximum absolute atomic E-state index is 11.5. The SMILES string of the molecule is Cc1cc(C)cc(C2(C(=O)O)CC=CC2)c1. The number of carboxylic acid groups (broad SMARTS) is 1. The molecule has 1 aromatic carbocycles. The van der Waals surface area contributed by atoms with Crippen molar-refractivity contribution in [2.24, 2.45) is 0 Å². The van der Waals surface area contributed by atoms with Crippen LogP contribution in [0.4, 0.5) is 0 Å². The van der Waals surface area contributed by atoms with Crippen LogP contribution in [0.5, 0.6) is 0 Å². The van der Waals surface area contributed by atoms with Crippen LogP contribution in [0.15, 0.2) is 30.4 Å². The van der Waals surface area contributed by atoms with E-state index in [1.165, 1.54) is 0 Å². The Morgan fingerprint density at radius 2 is 1.62 bits per heavy atom. The molecule has 0 heterocycles. The highest BCUT2D eigenvalue weighted by Crippen LogP contribution is 2.38. The minimum absolute atomic E-state index is 0.602. The number of carbonyl (C=O) groups is 1. The van der Waals surface area contributed by atoms with E-state index in [0.29, 0.717) is 12.8 Å². The van der Waals surface area contributed by atoms with Gasteiger partial charge in [-0.1, -0.05) is 41.5 Å². The third-order valence-corrected chi connectivity index (χ3v) is 3.28. The summed E-state index contributed by atoms with van der Waals surface area (Å²) in [6, 6.07) is 6.06. The number of benzene rings is 1. The molecular weight excluding hydrogens is 200 g/mol. The highest BCUT2D eigenvalue weighted by atomic mass is 16.4. The summed E-state index contributed by atoms with van der Waals surface area (Å²) in [6.45, 7) is 4.02. The fourth-order valence-electron chi connectivity index (χ4n) is 2.44. The van der Waals surface area contributed by atoms with Gasteiger partial charge in [-0.2, -0.15) is 0 Å². The Hall–Kier alpha value is -1.57. The summed E-state index contributed by atoms with van der Waals surface area (Å²) in [5, 5.41) is 9.46. The lowest BCUT2D eigenvalue weighted by atomic mass is 9.77. The first kappa shape index (κ1) is 10.9. The molecule has 0 saturated carbocycles. The van der Waals surface area contributed by atoms with Crippen molar-refractivity contribution in [3.8, 4) is 0 Å². The minimum Gasteiger partial charge on any atom is -0.481 e. The Bertz CT molecular complexity index is 430. The predicted molar refractivity (Wildman–Crippen MR) is 63.6 cm³/mol. The highest BCUT2D eigenvalue weighted by Gasteiger charge is 2.40. The average molecular weight is 216 g/mol. The first-order valence-corrected chi connectivity index (χ1v) is 5.52. The normalized spacial score (nSPS) is 17.6. The predicted octanol–water partition coefficient (Wildman–Crippen LogP) is 2.98. The van der Waals surface area contributed by atoms with Gasteiger partial charge in [0, 0.05) is 0 Å². The summed E-state index contributed by atoms with van der Waals surface area (Å²) in [4.78, 5) is 11.5. The van der Waals surface area contributed by atoms with Crippen LogP contribution in [0, 0.1) is 13.8 Å². The Kier molecular flexibility index (Phi) is 2.58. The molecule has 0 aliphatic heterocycles. The summed E-state index contributed by atoms with van der Waals surface area (Å²) < 4.78 is 0. The summed E-state index contributed by atoms with van der Waals surface area (Å²) >= 11 is 0. The Morgan fingerprint density at radius 1 is 1.12 bits per heavy atom. The van der Waals surface area contributed by atoms with E-state index < -0.39 is 11.4 Å². The molecule has 1 N–H and O–H groups in total. The molecule has 0 saturated heterocycles. The molecule has 0 radical (unpaired) electrons. The number of hydrogen-bond acceptors (Lipinski definition) is 1. The van der Waals surface area contributed by atoms with Crippen molar-refractivity contribution in [3.05, 3.63) is 47.0 Å². The van der Waals surface area contributed by atoms with Crippen molar-refractivity contribution in [2.45, 2.75) is 32.1 Å². The van der Waals surface area contributed by atoms with Crippen molar-refractivity contribution >= 4 is 5.97 Å². The van der Waals surface area contributed by atoms with Crippen molar-refractivity contribution in [1.82, 2.24) is 0 Å². The van der Waals surface area contributed by atoms with Crippen molar-refractivity contribution < 1.29 is 9.90 Å². The van der Waals surface area contributed by atoms with Gasteiger partial charge in [-0.05, 0) is 32.3 Å². The number of allylic oxidation sites excluding steroid dienone is 2. The average Bonchev–Trinajstić information content (AvgIpc) is 2.65. The van der Waals surface area contributed by atoms with E-state index in [2.05, 4.69) is 6.07 Å². The molecule has 1 aliphatic rings. The molecule has 1 aliphatic carbocycles. The van der Waals surface area contributed by atoms with Gasteiger partial charge in [0.2, 0.25) is 0 Å². The fourth-order valence-corrected chi connectivity index (χ4v) is 2.44. The smallest absolute Gasteiger partial charge is 0.314 e. The van der Waals surface area contributed by atoms with Gasteiger partial charge < -0.3 is 5.11 Å². The van der Waals surface area contributed by atoms with E-state index >= 15 is 0 Å². The van der Waals surface area contributed by atoms with Gasteiger partial charge >= 0.3 is 5.97 Å². The number of hydrogen-bond donors (Lipinski definition) is 1. The second-order valence-electron chi connectivity index (χ2n) is 4.64. The van der Waals surface area contributed by atoms with Crippen LogP contribution >= 0.6 is 0 Å². The largest absolute Gasteiger partial charge is 0.481 e. The van der Waals surface area contributed by atoms with Gasteiger partial charge in [0.15, 0.2) is 0 Å². The molecule has 84 valence electrons. The number of rotatable bonds is 2. The second-order valence-corrected chi connectivity index (χ2v) is 4.64. The maximum Gasteiger partial charge on any atom is 0.314 e. The molecule has 0 spiro atoms. The summed E-state index contributed by atoms with van der Waals surface area (Å²) in [5.74, 6) is -0.720. The van der Waals surface area contributed by atoms with Crippen LogP contribution in [0.25, 0.3) is 0 Å². The molecule has 2 nitrogen and oxygen atoms in total. The highest BCUT2D eigenvalue weighted by molar-refractivity contribution is 5.82. The molecule has 0 bridgehead atoms. The first-order valence-electron chi connectivity index (χ1n) is 5.52. The van der Waals surface area contributed by atoms with Crippen LogP contribution in [0.2, 0.25) is 0 Å². The van der Waals surface area contributed by atoms with Crippen molar-refractivity contribution in [1.29, 1.82) is 0 Å². The molecule has 0 atom stereocenters. The standard InChI is InChI=1S/C14H16O2/c1-10-7-11(2)9-12(8-10)14(13(15)16)5-3-4-6-14/h3-4,7-9H,5-6H2,1-2H3,(H,15,16). The van der Waals surface area contributed by atoms with E-state index in [1.54, 1.807) is 0 Å².